The van der Waals surface area contributed by atoms with Crippen LogP contribution in [-0.4, -0.2) is 69.2 Å². The van der Waals surface area contributed by atoms with Crippen LogP contribution in [0.4, 0.5) is 14.9 Å². The van der Waals surface area contributed by atoms with E-state index in [-0.39, 0.29) is 18.3 Å². The highest BCUT2D eigenvalue weighted by atomic mass is 32.2. The maximum absolute atomic E-state index is 14.4. The van der Waals surface area contributed by atoms with E-state index in [0.717, 1.165) is 28.4 Å². The molecule has 208 valence electrons. The molecule has 9 nitrogen and oxygen atoms in total. The second-order valence-electron chi connectivity index (χ2n) is 10.3. The average molecular weight is 558 g/mol. The van der Waals surface area contributed by atoms with E-state index in [9.17, 15) is 22.4 Å². The molecule has 2 saturated heterocycles. The molecule has 2 fully saturated rings. The van der Waals surface area contributed by atoms with E-state index in [1.54, 1.807) is 0 Å². The Morgan fingerprint density at radius 2 is 1.90 bits per heavy atom. The molecule has 2 aliphatic heterocycles. The monoisotopic (exact) mass is 557 g/mol. The fourth-order valence-electron chi connectivity index (χ4n) is 5.00. The van der Waals surface area contributed by atoms with Gasteiger partial charge in [-0.25, -0.2) is 17.6 Å². The quantitative estimate of drug-likeness (QED) is 0.397. The first-order valence-electron chi connectivity index (χ1n) is 12.8. The van der Waals surface area contributed by atoms with Gasteiger partial charge in [0.2, 0.25) is 10.0 Å². The Labute approximate surface area is 229 Å². The van der Waals surface area contributed by atoms with Gasteiger partial charge in [-0.2, -0.15) is 4.31 Å². The summed E-state index contributed by atoms with van der Waals surface area (Å²) in [5, 5.41) is 2.42. The lowest BCUT2D eigenvalue weighted by molar-refractivity contribution is -0.919. The number of nitrogens with zero attached hydrogens (tertiary/aromatic N) is 2. The molecule has 4 rings (SSSR count). The summed E-state index contributed by atoms with van der Waals surface area (Å²) in [4.78, 5) is 28.8. The van der Waals surface area contributed by atoms with E-state index >= 15 is 0 Å². The van der Waals surface area contributed by atoms with E-state index in [4.69, 9.17) is 4.74 Å². The van der Waals surface area contributed by atoms with Crippen molar-refractivity contribution in [1.29, 1.82) is 0 Å². The molecule has 0 unspecified atom stereocenters. The number of hydrogen-bond acceptors (Lipinski definition) is 5. The molecule has 0 atom stereocenters. The number of carbonyl (C=O) groups excluding carboxylic acids is 2. The van der Waals surface area contributed by atoms with E-state index in [2.05, 4.69) is 17.2 Å². The number of quaternary nitrogens is 1. The van der Waals surface area contributed by atoms with E-state index in [1.165, 1.54) is 35.0 Å². The van der Waals surface area contributed by atoms with Gasteiger partial charge < -0.3 is 9.64 Å². The maximum atomic E-state index is 14.4. The van der Waals surface area contributed by atoms with Crippen LogP contribution in [0, 0.1) is 17.7 Å². The number of ether oxygens (including phenoxy) is 1. The lowest BCUT2D eigenvalue weighted by Gasteiger charge is -2.40. The molecule has 2 heterocycles. The molecule has 0 bridgehead atoms. The van der Waals surface area contributed by atoms with Gasteiger partial charge in [0.25, 0.3) is 5.91 Å². The molecule has 11 heteroatoms. The van der Waals surface area contributed by atoms with Crippen LogP contribution in [0.15, 0.2) is 42.5 Å². The SMILES string of the molecule is CC(C)Oc1cccc(C[NH+]2CCC3(CC2)C(=O)NC(=O)N3c2cc(F)ccc2C#CCN(C)S(C)(=O)=O)c1. The fraction of sp³-hybridized carbons (Fsp3) is 0.429. The Morgan fingerprint density at radius 1 is 1.18 bits per heavy atom. The second kappa shape index (κ2) is 11.3. The van der Waals surface area contributed by atoms with Gasteiger partial charge in [0.05, 0.1) is 37.7 Å². The maximum Gasteiger partial charge on any atom is 0.329 e. The molecule has 2 aromatic rings. The molecular weight excluding hydrogens is 523 g/mol. The van der Waals surface area contributed by atoms with Crippen LogP contribution in [-0.2, 0) is 21.4 Å². The van der Waals surface area contributed by atoms with E-state index in [1.807, 2.05) is 38.1 Å². The molecule has 0 radical (unpaired) electrons. The zero-order valence-corrected chi connectivity index (χ0v) is 23.4. The normalized spacial score (nSPS) is 21.3. The number of rotatable bonds is 7. The molecule has 2 aliphatic rings. The van der Waals surface area contributed by atoms with Crippen molar-refractivity contribution < 1.29 is 32.0 Å². The van der Waals surface area contributed by atoms with Crippen molar-refractivity contribution in [2.75, 3.05) is 37.8 Å². The van der Waals surface area contributed by atoms with Gasteiger partial charge in [-0.15, -0.1) is 0 Å². The summed E-state index contributed by atoms with van der Waals surface area (Å²) in [6.07, 6.45) is 1.93. The van der Waals surface area contributed by atoms with Gasteiger partial charge >= 0.3 is 6.03 Å². The lowest BCUT2D eigenvalue weighted by Crippen LogP contribution is -3.12. The van der Waals surface area contributed by atoms with Crippen LogP contribution in [0.1, 0.15) is 37.8 Å². The number of halogens is 1. The first-order valence-corrected chi connectivity index (χ1v) is 14.7. The van der Waals surface area contributed by atoms with Crippen molar-refractivity contribution in [3.8, 4) is 17.6 Å². The van der Waals surface area contributed by atoms with Crippen LogP contribution in [0.3, 0.4) is 0 Å². The number of benzene rings is 2. The van der Waals surface area contributed by atoms with Gasteiger partial charge in [-0.3, -0.25) is 15.0 Å². The highest BCUT2D eigenvalue weighted by molar-refractivity contribution is 7.88. The second-order valence-corrected chi connectivity index (χ2v) is 12.4. The summed E-state index contributed by atoms with van der Waals surface area (Å²) >= 11 is 0. The number of piperidine rings is 1. The fourth-order valence-corrected chi connectivity index (χ4v) is 5.30. The minimum atomic E-state index is -3.42. The third kappa shape index (κ3) is 6.41. The number of imide groups is 1. The van der Waals surface area contributed by atoms with Crippen molar-refractivity contribution in [2.45, 2.75) is 44.9 Å². The van der Waals surface area contributed by atoms with Crippen LogP contribution in [0.25, 0.3) is 0 Å². The molecule has 2 aromatic carbocycles. The summed E-state index contributed by atoms with van der Waals surface area (Å²) in [5.41, 5.74) is 0.482. The Balaban J connectivity index is 1.56. The van der Waals surface area contributed by atoms with Gasteiger partial charge in [0.1, 0.15) is 23.7 Å². The number of carbonyl (C=O) groups is 2. The van der Waals surface area contributed by atoms with Crippen molar-refractivity contribution in [1.82, 2.24) is 9.62 Å². The number of anilines is 1. The number of amides is 3. The zero-order valence-electron chi connectivity index (χ0n) is 22.6. The molecule has 0 aromatic heterocycles. The minimum Gasteiger partial charge on any atom is -0.491 e. The topological polar surface area (TPSA) is 100 Å². The highest BCUT2D eigenvalue weighted by Crippen LogP contribution is 2.37. The van der Waals surface area contributed by atoms with Crippen LogP contribution in [0.5, 0.6) is 5.75 Å². The molecular formula is C28H34FN4O5S+. The largest absolute Gasteiger partial charge is 0.491 e. The van der Waals surface area contributed by atoms with Crippen molar-refractivity contribution in [3.05, 3.63) is 59.4 Å². The lowest BCUT2D eigenvalue weighted by atomic mass is 9.85. The van der Waals surface area contributed by atoms with E-state index in [0.29, 0.717) is 31.5 Å². The Kier molecular flexibility index (Phi) is 8.30. The van der Waals surface area contributed by atoms with Gasteiger partial charge in [-0.05, 0) is 44.2 Å². The third-order valence-corrected chi connectivity index (χ3v) is 8.34. The highest BCUT2D eigenvalue weighted by Gasteiger charge is 2.56. The molecule has 1 spiro atoms. The predicted octanol–water partition coefficient (Wildman–Crippen LogP) is 1.53. The minimum absolute atomic E-state index is 0.0739. The van der Waals surface area contributed by atoms with Gasteiger partial charge in [-0.1, -0.05) is 24.0 Å². The number of hydrogen-bond donors (Lipinski definition) is 2. The summed E-state index contributed by atoms with van der Waals surface area (Å²) in [6, 6.07) is 11.2. The number of likely N-dealkylation sites (tertiary alicyclic amines) is 1. The molecule has 39 heavy (non-hydrogen) atoms. The zero-order chi connectivity index (χ0) is 28.4. The Bertz CT molecular complexity index is 1420. The summed E-state index contributed by atoms with van der Waals surface area (Å²) in [6.45, 7) is 5.87. The summed E-state index contributed by atoms with van der Waals surface area (Å²) < 4.78 is 44.7. The van der Waals surface area contributed by atoms with Crippen LogP contribution < -0.4 is 19.9 Å². The average Bonchev–Trinajstić information content (AvgIpc) is 3.09. The standard InChI is InChI=1S/C28H33FN4O5S/c1-20(2)38-24-9-5-7-21(17-24)19-32-15-12-28(13-16-32)26(34)30-27(35)33(28)25-18-23(29)11-10-22(25)8-6-14-31(3)39(4,36)37/h5,7,9-11,17-18,20H,12-16,19H2,1-4H3,(H,30,34,35)/p+1. The first-order chi connectivity index (χ1) is 18.4. The smallest absolute Gasteiger partial charge is 0.329 e. The molecule has 0 saturated carbocycles. The summed E-state index contributed by atoms with van der Waals surface area (Å²) in [5.74, 6) is 5.48. The summed E-state index contributed by atoms with van der Waals surface area (Å²) in [7, 11) is -2.02. The third-order valence-electron chi connectivity index (χ3n) is 7.07. The van der Waals surface area contributed by atoms with Crippen molar-refractivity contribution in [3.63, 3.8) is 0 Å². The number of sulfonamides is 1. The number of nitrogens with one attached hydrogen (secondary N) is 2. The Hall–Kier alpha value is -3.46. The molecule has 3 amide bonds. The molecule has 2 N–H and O–H groups in total. The van der Waals surface area contributed by atoms with Crippen molar-refractivity contribution >= 4 is 27.6 Å². The van der Waals surface area contributed by atoms with Crippen LogP contribution in [0.2, 0.25) is 0 Å². The molecule has 0 aliphatic carbocycles. The van der Waals surface area contributed by atoms with Crippen LogP contribution >= 0.6 is 0 Å². The van der Waals surface area contributed by atoms with Gasteiger partial charge in [0, 0.05) is 31.0 Å². The first kappa shape index (κ1) is 28.5. The van der Waals surface area contributed by atoms with Gasteiger partial charge in [0.15, 0.2) is 0 Å². The van der Waals surface area contributed by atoms with E-state index < -0.39 is 33.3 Å². The Morgan fingerprint density at radius 3 is 2.56 bits per heavy atom. The van der Waals surface area contributed by atoms with Crippen molar-refractivity contribution in [2.24, 2.45) is 0 Å². The number of urea groups is 1. The predicted molar refractivity (Wildman–Crippen MR) is 145 cm³/mol.